The molecule has 0 bridgehead atoms. The van der Waals surface area contributed by atoms with E-state index in [2.05, 4.69) is 0 Å². The topological polar surface area (TPSA) is 114 Å². The molecule has 88 valence electrons. The van der Waals surface area contributed by atoms with Crippen molar-refractivity contribution in [3.63, 3.8) is 0 Å². The molecular formula is C8H11N3O5. The quantitative estimate of drug-likeness (QED) is 0.631. The van der Waals surface area contributed by atoms with Gasteiger partial charge in [0, 0.05) is 13.1 Å². The summed E-state index contributed by atoms with van der Waals surface area (Å²) in [5.74, 6) is -1.12. The molecule has 2 N–H and O–H groups in total. The summed E-state index contributed by atoms with van der Waals surface area (Å²) < 4.78 is 1.52. The number of hydrogen-bond donors (Lipinski definition) is 2. The van der Waals surface area contributed by atoms with Crippen LogP contribution < -0.4 is 17.1 Å². The van der Waals surface area contributed by atoms with Gasteiger partial charge in [0.1, 0.15) is 0 Å². The van der Waals surface area contributed by atoms with Crippen molar-refractivity contribution in [1.82, 2.24) is 14.1 Å². The maximum Gasteiger partial charge on any atom is 0.336 e. The van der Waals surface area contributed by atoms with Crippen LogP contribution in [0, 0.1) is 0 Å². The van der Waals surface area contributed by atoms with Crippen LogP contribution in [-0.4, -0.2) is 25.2 Å². The van der Waals surface area contributed by atoms with Crippen molar-refractivity contribution in [2.45, 2.75) is 26.4 Å². The number of aromatic amines is 1. The summed E-state index contributed by atoms with van der Waals surface area (Å²) in [6.07, 6.45) is -0.356. The highest BCUT2D eigenvalue weighted by Crippen LogP contribution is 1.81. The molecule has 0 atom stereocenters. The standard InChI is InChI=1S/C8H11N3O5/c1-2-10-6(14)9-7(15)11(8(10)16)4-3-5(12)13/h2-4H2,1H3,(H,12,13)(H,9,14,15). The van der Waals surface area contributed by atoms with Crippen molar-refractivity contribution in [2.75, 3.05) is 0 Å². The van der Waals surface area contributed by atoms with Gasteiger partial charge in [-0.05, 0) is 6.92 Å². The van der Waals surface area contributed by atoms with Crippen LogP contribution in [0.1, 0.15) is 13.3 Å². The van der Waals surface area contributed by atoms with E-state index in [1.807, 2.05) is 4.98 Å². The average Bonchev–Trinajstić information content (AvgIpc) is 2.16. The predicted octanol–water partition coefficient (Wildman–Crippen LogP) is -1.81. The van der Waals surface area contributed by atoms with Gasteiger partial charge in [0.2, 0.25) is 0 Å². The van der Waals surface area contributed by atoms with E-state index in [9.17, 15) is 19.2 Å². The van der Waals surface area contributed by atoms with Crippen LogP contribution in [0.3, 0.4) is 0 Å². The van der Waals surface area contributed by atoms with E-state index in [4.69, 9.17) is 5.11 Å². The zero-order chi connectivity index (χ0) is 12.3. The Morgan fingerprint density at radius 1 is 1.25 bits per heavy atom. The third-order valence-corrected chi connectivity index (χ3v) is 2.03. The molecule has 0 unspecified atom stereocenters. The number of rotatable bonds is 4. The smallest absolute Gasteiger partial charge is 0.336 e. The molecule has 0 aliphatic heterocycles. The molecule has 16 heavy (non-hydrogen) atoms. The summed E-state index contributed by atoms with van der Waals surface area (Å²) in [4.78, 5) is 46.2. The normalized spacial score (nSPS) is 10.3. The number of nitrogens with one attached hydrogen (secondary N) is 1. The van der Waals surface area contributed by atoms with Crippen molar-refractivity contribution in [3.8, 4) is 0 Å². The molecule has 0 aromatic carbocycles. The minimum absolute atomic E-state index is 0.113. The first kappa shape index (κ1) is 12.0. The van der Waals surface area contributed by atoms with Crippen LogP contribution in [0.15, 0.2) is 14.4 Å². The highest BCUT2D eigenvalue weighted by molar-refractivity contribution is 5.66. The van der Waals surface area contributed by atoms with Crippen LogP contribution in [0.25, 0.3) is 0 Å². The Hall–Kier alpha value is -2.12. The molecular weight excluding hydrogens is 218 g/mol. The minimum atomic E-state index is -1.12. The molecule has 0 amide bonds. The van der Waals surface area contributed by atoms with Gasteiger partial charge in [-0.3, -0.25) is 9.78 Å². The highest BCUT2D eigenvalue weighted by atomic mass is 16.4. The molecule has 1 aromatic heterocycles. The largest absolute Gasteiger partial charge is 0.481 e. The van der Waals surface area contributed by atoms with Crippen LogP contribution in [-0.2, 0) is 17.9 Å². The lowest BCUT2D eigenvalue weighted by atomic mass is 10.4. The van der Waals surface area contributed by atoms with Crippen molar-refractivity contribution in [3.05, 3.63) is 31.5 Å². The Bertz CT molecular complexity index is 564. The fraction of sp³-hybridized carbons (Fsp3) is 0.500. The Morgan fingerprint density at radius 2 is 1.81 bits per heavy atom. The second-order valence-electron chi connectivity index (χ2n) is 3.06. The molecule has 0 saturated carbocycles. The summed E-state index contributed by atoms with van der Waals surface area (Å²) in [7, 11) is 0. The number of carboxylic acids is 1. The van der Waals surface area contributed by atoms with Crippen LogP contribution >= 0.6 is 0 Å². The predicted molar refractivity (Wildman–Crippen MR) is 53.5 cm³/mol. The summed E-state index contributed by atoms with van der Waals surface area (Å²) in [6.45, 7) is 1.42. The third-order valence-electron chi connectivity index (χ3n) is 2.03. The number of aromatic nitrogens is 3. The Morgan fingerprint density at radius 3 is 2.31 bits per heavy atom. The van der Waals surface area contributed by atoms with Crippen molar-refractivity contribution < 1.29 is 9.90 Å². The molecule has 8 nitrogen and oxygen atoms in total. The molecule has 0 aliphatic carbocycles. The second kappa shape index (κ2) is 4.60. The van der Waals surface area contributed by atoms with E-state index in [1.165, 1.54) is 0 Å². The monoisotopic (exact) mass is 229 g/mol. The molecule has 0 saturated heterocycles. The van der Waals surface area contributed by atoms with Crippen LogP contribution in [0.2, 0.25) is 0 Å². The Kier molecular flexibility index (Phi) is 3.44. The molecule has 1 heterocycles. The first-order valence-corrected chi connectivity index (χ1v) is 4.63. The number of H-pyrrole nitrogens is 1. The van der Waals surface area contributed by atoms with Crippen LogP contribution in [0.5, 0.6) is 0 Å². The van der Waals surface area contributed by atoms with Gasteiger partial charge in [0.15, 0.2) is 0 Å². The van der Waals surface area contributed by atoms with E-state index >= 15 is 0 Å². The number of hydrogen-bond acceptors (Lipinski definition) is 4. The summed E-state index contributed by atoms with van der Waals surface area (Å²) in [6, 6.07) is 0. The first-order chi connectivity index (χ1) is 7.47. The first-order valence-electron chi connectivity index (χ1n) is 4.63. The zero-order valence-corrected chi connectivity index (χ0v) is 8.60. The lowest BCUT2D eigenvalue weighted by molar-refractivity contribution is -0.137. The maximum atomic E-state index is 11.6. The van der Waals surface area contributed by atoms with Crippen molar-refractivity contribution >= 4 is 5.97 Å². The summed E-state index contributed by atoms with van der Waals surface area (Å²) >= 11 is 0. The van der Waals surface area contributed by atoms with Crippen molar-refractivity contribution in [1.29, 1.82) is 0 Å². The Balaban J connectivity index is 3.29. The van der Waals surface area contributed by atoms with E-state index in [0.717, 1.165) is 4.57 Å². The van der Waals surface area contributed by atoms with E-state index < -0.39 is 23.0 Å². The summed E-state index contributed by atoms with van der Waals surface area (Å²) in [5.41, 5.74) is -2.47. The van der Waals surface area contributed by atoms with Crippen molar-refractivity contribution in [2.24, 2.45) is 0 Å². The minimum Gasteiger partial charge on any atom is -0.481 e. The van der Waals surface area contributed by atoms with E-state index in [-0.39, 0.29) is 19.5 Å². The van der Waals surface area contributed by atoms with Crippen LogP contribution in [0.4, 0.5) is 0 Å². The Labute approximate surface area is 88.8 Å². The third kappa shape index (κ3) is 2.27. The van der Waals surface area contributed by atoms with Gasteiger partial charge in [-0.15, -0.1) is 0 Å². The summed E-state index contributed by atoms with van der Waals surface area (Å²) in [5, 5.41) is 8.44. The molecule has 0 radical (unpaired) electrons. The second-order valence-corrected chi connectivity index (χ2v) is 3.06. The van der Waals surface area contributed by atoms with Gasteiger partial charge < -0.3 is 5.11 Å². The SMILES string of the molecule is CCn1c(=O)[nH]c(=O)n(CCC(=O)O)c1=O. The average molecular weight is 229 g/mol. The van der Waals surface area contributed by atoms with Gasteiger partial charge in [0.25, 0.3) is 0 Å². The molecule has 1 aromatic rings. The fourth-order valence-electron chi connectivity index (χ4n) is 1.23. The van der Waals surface area contributed by atoms with Gasteiger partial charge in [-0.2, -0.15) is 0 Å². The fourth-order valence-corrected chi connectivity index (χ4v) is 1.23. The van der Waals surface area contributed by atoms with Gasteiger partial charge >= 0.3 is 23.0 Å². The van der Waals surface area contributed by atoms with E-state index in [1.54, 1.807) is 6.92 Å². The molecule has 0 aliphatic rings. The molecule has 8 heteroatoms. The van der Waals surface area contributed by atoms with Gasteiger partial charge in [-0.25, -0.2) is 23.5 Å². The van der Waals surface area contributed by atoms with E-state index in [0.29, 0.717) is 4.57 Å². The zero-order valence-electron chi connectivity index (χ0n) is 8.60. The van der Waals surface area contributed by atoms with Gasteiger partial charge in [-0.1, -0.05) is 0 Å². The number of carbonyl (C=O) groups is 1. The number of nitrogens with zero attached hydrogens (tertiary/aromatic N) is 2. The maximum absolute atomic E-state index is 11.6. The molecule has 0 spiro atoms. The molecule has 1 rings (SSSR count). The van der Waals surface area contributed by atoms with Gasteiger partial charge in [0.05, 0.1) is 6.42 Å². The lowest BCUT2D eigenvalue weighted by Crippen LogP contribution is -2.49. The molecule has 0 fully saturated rings. The number of aliphatic carboxylic acids is 1. The highest BCUT2D eigenvalue weighted by Gasteiger charge is 2.09. The lowest BCUT2D eigenvalue weighted by Gasteiger charge is -2.05. The number of carboxylic acid groups (broad SMARTS) is 1.